The molecule has 198 valence electrons. The van der Waals surface area contributed by atoms with Gasteiger partial charge in [0.2, 0.25) is 5.91 Å². The van der Waals surface area contributed by atoms with Crippen LogP contribution in [0.3, 0.4) is 0 Å². The molecule has 0 bridgehead atoms. The lowest BCUT2D eigenvalue weighted by atomic mass is 10.2. The minimum Gasteiger partial charge on any atom is -0.379 e. The number of ether oxygens (including phenoxy) is 1. The topological polar surface area (TPSA) is 128 Å². The summed E-state index contributed by atoms with van der Waals surface area (Å²) in [6.45, 7) is 3.16. The van der Waals surface area contributed by atoms with Crippen LogP contribution >= 0.6 is 11.3 Å². The average molecular weight is 539 g/mol. The zero-order valence-electron chi connectivity index (χ0n) is 19.9. The maximum Gasteiger partial charge on any atom is 0.270 e. The Bertz CT molecular complexity index is 1360. The summed E-state index contributed by atoms with van der Waals surface area (Å²) in [5.41, 5.74) is -0.660. The lowest BCUT2D eigenvalue weighted by Gasteiger charge is -2.25. The molecule has 2 amide bonds. The number of halogens is 3. The highest BCUT2D eigenvalue weighted by atomic mass is 32.1. The molecule has 3 rings (SSSR count). The van der Waals surface area contributed by atoms with Gasteiger partial charge in [0, 0.05) is 31.5 Å². The number of amides is 2. The molecular formula is C23H25F3N6O4S. The van der Waals surface area contributed by atoms with Crippen molar-refractivity contribution in [1.29, 1.82) is 5.26 Å². The van der Waals surface area contributed by atoms with E-state index in [4.69, 9.17) is 4.74 Å². The van der Waals surface area contributed by atoms with Gasteiger partial charge in [-0.15, -0.1) is 11.3 Å². The maximum absolute atomic E-state index is 14.3. The van der Waals surface area contributed by atoms with Gasteiger partial charge >= 0.3 is 0 Å². The zero-order valence-corrected chi connectivity index (χ0v) is 20.7. The Labute approximate surface area is 213 Å². The van der Waals surface area contributed by atoms with E-state index < -0.39 is 35.8 Å². The number of nitrogens with one attached hydrogen (secondary N) is 3. The molecule has 1 fully saturated rings. The van der Waals surface area contributed by atoms with Crippen LogP contribution in [0.5, 0.6) is 0 Å². The molecule has 3 N–H and O–H groups in total. The van der Waals surface area contributed by atoms with Crippen LogP contribution in [-0.2, 0) is 20.9 Å². The Morgan fingerprint density at radius 2 is 2.03 bits per heavy atom. The van der Waals surface area contributed by atoms with Gasteiger partial charge in [-0.25, -0.2) is 13.2 Å². The second-order valence-corrected chi connectivity index (χ2v) is 8.86. The minimum atomic E-state index is -2.79. The first-order valence-corrected chi connectivity index (χ1v) is 12.1. The van der Waals surface area contributed by atoms with Gasteiger partial charge in [-0.3, -0.25) is 23.9 Å². The maximum atomic E-state index is 14.3. The van der Waals surface area contributed by atoms with E-state index in [1.165, 1.54) is 22.9 Å². The van der Waals surface area contributed by atoms with Gasteiger partial charge in [-0.05, 0) is 25.1 Å². The third kappa shape index (κ3) is 7.42. The fourth-order valence-corrected chi connectivity index (χ4v) is 4.54. The fraction of sp³-hybridized carbons (Fsp3) is 0.391. The predicted octanol–water partition coefficient (Wildman–Crippen LogP) is 0.245. The van der Waals surface area contributed by atoms with E-state index in [2.05, 4.69) is 10.6 Å². The van der Waals surface area contributed by atoms with Crippen LogP contribution in [0.2, 0.25) is 0 Å². The summed E-state index contributed by atoms with van der Waals surface area (Å²) in [6.07, 6.45) is -1.47. The molecular weight excluding hydrogens is 513 g/mol. The van der Waals surface area contributed by atoms with E-state index in [0.29, 0.717) is 32.0 Å². The highest BCUT2D eigenvalue weighted by molar-refractivity contribution is 7.07. The van der Waals surface area contributed by atoms with Crippen molar-refractivity contribution in [2.75, 3.05) is 50.0 Å². The van der Waals surface area contributed by atoms with Crippen LogP contribution < -0.4 is 30.7 Å². The van der Waals surface area contributed by atoms with E-state index in [-0.39, 0.29) is 33.9 Å². The molecule has 1 saturated heterocycles. The van der Waals surface area contributed by atoms with Crippen molar-refractivity contribution in [1.82, 2.24) is 14.8 Å². The summed E-state index contributed by atoms with van der Waals surface area (Å²) in [5, 5.41) is 16.8. The van der Waals surface area contributed by atoms with Crippen LogP contribution in [0.1, 0.15) is 6.92 Å². The van der Waals surface area contributed by atoms with Crippen LogP contribution in [0, 0.1) is 17.1 Å². The quantitative estimate of drug-likeness (QED) is 0.418. The molecule has 0 atom stereocenters. The lowest BCUT2D eigenvalue weighted by Crippen LogP contribution is -2.41. The summed E-state index contributed by atoms with van der Waals surface area (Å²) < 4.78 is 45.7. The van der Waals surface area contributed by atoms with Crippen molar-refractivity contribution in [3.63, 3.8) is 0 Å². The number of nitriles is 1. The normalized spacial score (nSPS) is 15.3. The standard InChI is InChI=1S/C23H25F3N6O4S/c1-2-32-22(35)18(37-23(32)15(10-27)21(34)29-12-19(25)26)11-28-14-3-4-16(24)17(9-14)30-20(33)13-31-5-7-36-8-6-31/h3-4,9,11,19,28H,2,5-8,12-13H2,1H3,(H,29,34)(H,30,33)/b18-11+,23-15-. The molecule has 0 radical (unpaired) electrons. The number of aromatic nitrogens is 1. The molecule has 1 aliphatic heterocycles. The number of carbonyl (C=O) groups is 2. The molecule has 0 unspecified atom stereocenters. The van der Waals surface area contributed by atoms with E-state index in [1.807, 2.05) is 10.2 Å². The van der Waals surface area contributed by atoms with Crippen molar-refractivity contribution in [2.24, 2.45) is 0 Å². The van der Waals surface area contributed by atoms with Gasteiger partial charge in [0.15, 0.2) is 5.57 Å². The van der Waals surface area contributed by atoms with Crippen molar-refractivity contribution in [3.05, 3.63) is 43.6 Å². The molecule has 0 spiro atoms. The molecule has 1 aromatic heterocycles. The first-order valence-electron chi connectivity index (χ1n) is 11.3. The smallest absolute Gasteiger partial charge is 0.270 e. The third-order valence-corrected chi connectivity index (χ3v) is 6.41. The largest absolute Gasteiger partial charge is 0.379 e. The van der Waals surface area contributed by atoms with Crippen molar-refractivity contribution >= 4 is 46.3 Å². The van der Waals surface area contributed by atoms with E-state index in [1.54, 1.807) is 13.0 Å². The molecule has 37 heavy (non-hydrogen) atoms. The highest BCUT2D eigenvalue weighted by Crippen LogP contribution is 2.20. The lowest BCUT2D eigenvalue weighted by molar-refractivity contribution is -0.118. The third-order valence-electron chi connectivity index (χ3n) is 5.27. The number of benzene rings is 1. The number of thiazole rings is 1. The van der Waals surface area contributed by atoms with Crippen molar-refractivity contribution < 1.29 is 27.5 Å². The summed E-state index contributed by atoms with van der Waals surface area (Å²) in [4.78, 5) is 39.2. The Morgan fingerprint density at radius 3 is 2.68 bits per heavy atom. The monoisotopic (exact) mass is 538 g/mol. The fourth-order valence-electron chi connectivity index (χ4n) is 3.46. The Morgan fingerprint density at radius 1 is 1.30 bits per heavy atom. The molecule has 2 aromatic rings. The van der Waals surface area contributed by atoms with Crippen LogP contribution in [0.25, 0.3) is 11.8 Å². The van der Waals surface area contributed by atoms with Gasteiger partial charge in [-0.2, -0.15) is 5.26 Å². The number of rotatable bonds is 9. The molecule has 1 aromatic carbocycles. The first kappa shape index (κ1) is 27.9. The van der Waals surface area contributed by atoms with Gasteiger partial charge in [0.05, 0.1) is 32.0 Å². The van der Waals surface area contributed by atoms with E-state index in [0.717, 1.165) is 17.4 Å². The van der Waals surface area contributed by atoms with Crippen LogP contribution in [-0.4, -0.2) is 67.1 Å². The van der Waals surface area contributed by atoms with Crippen molar-refractivity contribution in [2.45, 2.75) is 19.9 Å². The SMILES string of the molecule is CCn1c(=O)/c(=C\Nc2ccc(F)c(NC(=O)CN3CCOCC3)c2)s/c1=C(/C#N)C(=O)NCC(F)F. The van der Waals surface area contributed by atoms with Gasteiger partial charge in [0.25, 0.3) is 17.9 Å². The molecule has 14 heteroatoms. The number of carbonyl (C=O) groups excluding carboxylic acids is 2. The average Bonchev–Trinajstić information content (AvgIpc) is 3.18. The van der Waals surface area contributed by atoms with Crippen LogP contribution in [0.15, 0.2) is 23.0 Å². The highest BCUT2D eigenvalue weighted by Gasteiger charge is 2.17. The summed E-state index contributed by atoms with van der Waals surface area (Å²) in [7, 11) is 0. The number of morpholine rings is 1. The molecule has 10 nitrogen and oxygen atoms in total. The van der Waals surface area contributed by atoms with Crippen LogP contribution in [0.4, 0.5) is 24.5 Å². The van der Waals surface area contributed by atoms with Gasteiger partial charge in [-0.1, -0.05) is 0 Å². The number of alkyl halides is 2. The second-order valence-electron chi connectivity index (χ2n) is 7.83. The Hall–Kier alpha value is -3.67. The first-order chi connectivity index (χ1) is 17.7. The summed E-state index contributed by atoms with van der Waals surface area (Å²) in [6, 6.07) is 5.59. The number of hydrogen-bond acceptors (Lipinski definition) is 8. The Balaban J connectivity index is 1.83. The predicted molar refractivity (Wildman–Crippen MR) is 132 cm³/mol. The number of hydrogen-bond donors (Lipinski definition) is 3. The molecule has 2 heterocycles. The van der Waals surface area contributed by atoms with Gasteiger partial charge in [0.1, 0.15) is 21.1 Å². The van der Waals surface area contributed by atoms with E-state index in [9.17, 15) is 32.8 Å². The minimum absolute atomic E-state index is 0.0185. The molecule has 0 aliphatic carbocycles. The summed E-state index contributed by atoms with van der Waals surface area (Å²) in [5.74, 6) is -2.04. The van der Waals surface area contributed by atoms with Gasteiger partial charge < -0.3 is 20.7 Å². The summed E-state index contributed by atoms with van der Waals surface area (Å²) >= 11 is 0.828. The zero-order chi connectivity index (χ0) is 26.9. The second kappa shape index (κ2) is 13.0. The van der Waals surface area contributed by atoms with Crippen molar-refractivity contribution in [3.8, 4) is 6.07 Å². The number of nitrogens with zero attached hydrogens (tertiary/aromatic N) is 3. The number of anilines is 2. The molecule has 1 aliphatic rings. The van der Waals surface area contributed by atoms with E-state index >= 15 is 0 Å². The molecule has 0 saturated carbocycles. The Kier molecular flexibility index (Phi) is 9.84.